The number of benzene rings is 5. The number of carbonyl (C=O) groups excluding carboxylic acids is 2. The van der Waals surface area contributed by atoms with Gasteiger partial charge in [0, 0.05) is 12.5 Å². The van der Waals surface area contributed by atoms with E-state index in [1.807, 2.05) is 30.3 Å². The van der Waals surface area contributed by atoms with Crippen LogP contribution < -0.4 is 14.2 Å². The van der Waals surface area contributed by atoms with Crippen molar-refractivity contribution < 1.29 is 28.5 Å². The summed E-state index contributed by atoms with van der Waals surface area (Å²) in [7, 11) is 1.69. The lowest BCUT2D eigenvalue weighted by Gasteiger charge is -2.34. The van der Waals surface area contributed by atoms with Gasteiger partial charge in [0.1, 0.15) is 30.5 Å². The quantitative estimate of drug-likeness (QED) is 0.0691. The molecule has 6 nitrogen and oxygen atoms in total. The first-order valence-corrected chi connectivity index (χ1v) is 15.6. The Morgan fingerprint density at radius 3 is 1.87 bits per heavy atom. The zero-order chi connectivity index (χ0) is 32.8. The Morgan fingerprint density at radius 1 is 0.660 bits per heavy atom. The second kappa shape index (κ2) is 13.8. The topological polar surface area (TPSA) is 71.1 Å². The summed E-state index contributed by atoms with van der Waals surface area (Å²) in [6.07, 6.45) is 3.52. The third kappa shape index (κ3) is 6.15. The SMILES string of the molecule is C=CC(=O)CCCOc1ccc(C2(c3ccc(OCCOC(=O)C=C)cc3)c3cc(OC)ccc3-c3cc4ccccc4cc32)cc1. The van der Waals surface area contributed by atoms with Crippen molar-refractivity contribution in [2.24, 2.45) is 0 Å². The minimum atomic E-state index is -0.684. The molecule has 6 heteroatoms. The Balaban J connectivity index is 1.45. The van der Waals surface area contributed by atoms with Gasteiger partial charge in [-0.3, -0.25) is 4.79 Å². The fourth-order valence-corrected chi connectivity index (χ4v) is 6.40. The fraction of sp³-hybridized carbons (Fsp3) is 0.171. The first kappa shape index (κ1) is 31.4. The lowest BCUT2D eigenvalue weighted by Crippen LogP contribution is -2.28. The van der Waals surface area contributed by atoms with Gasteiger partial charge in [-0.1, -0.05) is 67.8 Å². The summed E-state index contributed by atoms with van der Waals surface area (Å²) in [6, 6.07) is 35.6. The minimum absolute atomic E-state index is 0.0138. The van der Waals surface area contributed by atoms with E-state index < -0.39 is 11.4 Å². The van der Waals surface area contributed by atoms with Gasteiger partial charge in [0.05, 0.1) is 19.1 Å². The van der Waals surface area contributed by atoms with Crippen LogP contribution in [0.25, 0.3) is 21.9 Å². The van der Waals surface area contributed by atoms with Gasteiger partial charge in [-0.05, 0) is 105 Å². The maximum atomic E-state index is 11.6. The van der Waals surface area contributed by atoms with E-state index >= 15 is 0 Å². The maximum absolute atomic E-state index is 11.6. The molecule has 0 aromatic heterocycles. The number of fused-ring (bicyclic) bond motifs is 4. The van der Waals surface area contributed by atoms with E-state index in [0.29, 0.717) is 25.2 Å². The Bertz CT molecular complexity index is 1870. The molecule has 0 fully saturated rings. The summed E-state index contributed by atoms with van der Waals surface area (Å²) in [4.78, 5) is 23.0. The van der Waals surface area contributed by atoms with Crippen molar-refractivity contribution in [3.05, 3.63) is 151 Å². The van der Waals surface area contributed by atoms with E-state index in [2.05, 4.69) is 86.0 Å². The number of allylic oxidation sites excluding steroid dienone is 1. The zero-order valence-electron chi connectivity index (χ0n) is 26.4. The number of esters is 1. The first-order valence-electron chi connectivity index (χ1n) is 15.6. The molecule has 0 spiro atoms. The Labute approximate surface area is 274 Å². The molecule has 236 valence electrons. The summed E-state index contributed by atoms with van der Waals surface area (Å²) in [5.74, 6) is 1.71. The molecule has 47 heavy (non-hydrogen) atoms. The third-order valence-electron chi connectivity index (χ3n) is 8.61. The molecule has 1 atom stereocenters. The van der Waals surface area contributed by atoms with E-state index in [4.69, 9.17) is 18.9 Å². The summed E-state index contributed by atoms with van der Waals surface area (Å²) >= 11 is 0. The highest BCUT2D eigenvalue weighted by molar-refractivity contribution is 5.96. The largest absolute Gasteiger partial charge is 0.497 e. The van der Waals surface area contributed by atoms with Crippen LogP contribution in [0.15, 0.2) is 128 Å². The third-order valence-corrected chi connectivity index (χ3v) is 8.61. The standard InChI is InChI=1S/C41H36O6/c1-4-32(42)11-8-22-45-33-16-12-30(13-17-33)41(31-14-18-34(19-15-31)46-23-24-47-40(43)5-2)38-26-29-10-7-6-9-28(29)25-37(38)36-21-20-35(44-3)27-39(36)41/h4-7,9-10,12-21,25-27H,1-2,8,11,22-24H2,3H3. The highest BCUT2D eigenvalue weighted by atomic mass is 16.6. The smallest absolute Gasteiger partial charge is 0.330 e. The normalized spacial score (nSPS) is 14.5. The molecule has 1 aliphatic rings. The van der Waals surface area contributed by atoms with Crippen LogP contribution in [0.1, 0.15) is 35.1 Å². The van der Waals surface area contributed by atoms with Crippen molar-refractivity contribution in [2.75, 3.05) is 26.9 Å². The summed E-state index contributed by atoms with van der Waals surface area (Å²) in [5, 5.41) is 2.32. The lowest BCUT2D eigenvalue weighted by atomic mass is 9.67. The van der Waals surface area contributed by atoms with E-state index in [-0.39, 0.29) is 19.0 Å². The van der Waals surface area contributed by atoms with E-state index in [0.717, 1.165) is 50.8 Å². The van der Waals surface area contributed by atoms with Gasteiger partial charge in [0.15, 0.2) is 5.78 Å². The van der Waals surface area contributed by atoms with Crippen molar-refractivity contribution in [1.29, 1.82) is 0 Å². The summed E-state index contributed by atoms with van der Waals surface area (Å²) in [6.45, 7) is 7.75. The molecule has 0 amide bonds. The van der Waals surface area contributed by atoms with Crippen LogP contribution in [0.3, 0.4) is 0 Å². The Morgan fingerprint density at radius 2 is 1.26 bits per heavy atom. The molecule has 0 N–H and O–H groups in total. The molecule has 0 saturated heterocycles. The molecule has 5 aromatic rings. The maximum Gasteiger partial charge on any atom is 0.330 e. The number of hydrogen-bond acceptors (Lipinski definition) is 6. The van der Waals surface area contributed by atoms with Gasteiger partial charge in [-0.2, -0.15) is 0 Å². The van der Waals surface area contributed by atoms with Gasteiger partial charge in [-0.15, -0.1) is 0 Å². The number of ether oxygens (including phenoxy) is 4. The monoisotopic (exact) mass is 624 g/mol. The highest BCUT2D eigenvalue weighted by Crippen LogP contribution is 2.57. The van der Waals surface area contributed by atoms with Crippen LogP contribution in [-0.4, -0.2) is 38.7 Å². The Hall–Kier alpha value is -5.62. The molecular weight excluding hydrogens is 588 g/mol. The Kier molecular flexibility index (Phi) is 9.20. The highest BCUT2D eigenvalue weighted by Gasteiger charge is 2.46. The van der Waals surface area contributed by atoms with Gasteiger partial charge in [0.25, 0.3) is 0 Å². The molecule has 0 saturated carbocycles. The van der Waals surface area contributed by atoms with Crippen molar-refractivity contribution in [1.82, 2.24) is 0 Å². The van der Waals surface area contributed by atoms with Gasteiger partial charge in [-0.25, -0.2) is 4.79 Å². The van der Waals surface area contributed by atoms with Crippen molar-refractivity contribution >= 4 is 22.5 Å². The summed E-state index contributed by atoms with van der Waals surface area (Å²) < 4.78 is 22.7. The van der Waals surface area contributed by atoms with Crippen molar-refractivity contribution in [2.45, 2.75) is 18.3 Å². The van der Waals surface area contributed by atoms with Crippen LogP contribution >= 0.6 is 0 Å². The molecule has 6 rings (SSSR count). The minimum Gasteiger partial charge on any atom is -0.497 e. The molecule has 1 unspecified atom stereocenters. The number of methoxy groups -OCH3 is 1. The molecule has 0 aliphatic heterocycles. The van der Waals surface area contributed by atoms with Gasteiger partial charge in [0.2, 0.25) is 0 Å². The van der Waals surface area contributed by atoms with E-state index in [1.54, 1.807) is 7.11 Å². The van der Waals surface area contributed by atoms with Crippen LogP contribution in [-0.2, 0) is 19.7 Å². The zero-order valence-corrected chi connectivity index (χ0v) is 26.4. The number of hydrogen-bond donors (Lipinski definition) is 0. The molecule has 0 bridgehead atoms. The average Bonchev–Trinajstić information content (AvgIpc) is 3.40. The number of rotatable bonds is 14. The predicted octanol–water partition coefficient (Wildman–Crippen LogP) is 8.23. The second-order valence-corrected chi connectivity index (χ2v) is 11.3. The van der Waals surface area contributed by atoms with Crippen LogP contribution in [0.4, 0.5) is 0 Å². The first-order chi connectivity index (χ1) is 23.0. The summed E-state index contributed by atoms with van der Waals surface area (Å²) in [5.41, 5.74) is 6.03. The predicted molar refractivity (Wildman–Crippen MR) is 184 cm³/mol. The number of carbonyl (C=O) groups is 2. The average molecular weight is 625 g/mol. The lowest BCUT2D eigenvalue weighted by molar-refractivity contribution is -0.138. The van der Waals surface area contributed by atoms with Crippen LogP contribution in [0.5, 0.6) is 17.2 Å². The fourth-order valence-electron chi connectivity index (χ4n) is 6.40. The molecule has 0 heterocycles. The van der Waals surface area contributed by atoms with Gasteiger partial charge < -0.3 is 18.9 Å². The number of ketones is 1. The molecule has 0 radical (unpaired) electrons. The van der Waals surface area contributed by atoms with Crippen molar-refractivity contribution in [3.8, 4) is 28.4 Å². The molecule has 1 aliphatic carbocycles. The second-order valence-electron chi connectivity index (χ2n) is 11.3. The van der Waals surface area contributed by atoms with Crippen LogP contribution in [0.2, 0.25) is 0 Å². The molecular formula is C41H36O6. The van der Waals surface area contributed by atoms with E-state index in [1.165, 1.54) is 17.0 Å². The van der Waals surface area contributed by atoms with Gasteiger partial charge >= 0.3 is 5.97 Å². The van der Waals surface area contributed by atoms with E-state index in [9.17, 15) is 9.59 Å². The van der Waals surface area contributed by atoms with Crippen molar-refractivity contribution in [3.63, 3.8) is 0 Å². The molecule has 5 aromatic carbocycles. The van der Waals surface area contributed by atoms with Crippen LogP contribution in [0, 0.1) is 0 Å².